The van der Waals surface area contributed by atoms with Gasteiger partial charge in [-0.1, -0.05) is 11.6 Å². The van der Waals surface area contributed by atoms with Crippen LogP contribution in [0.3, 0.4) is 0 Å². The van der Waals surface area contributed by atoms with Crippen LogP contribution in [-0.2, 0) is 4.79 Å². The van der Waals surface area contributed by atoms with Crippen LogP contribution >= 0.6 is 11.6 Å². The molecule has 1 unspecified atom stereocenters. The number of carbonyl (C=O) groups is 1. The van der Waals surface area contributed by atoms with Gasteiger partial charge >= 0.3 is 5.97 Å². The molecule has 0 fully saturated rings. The van der Waals surface area contributed by atoms with Crippen molar-refractivity contribution in [2.45, 2.75) is 6.04 Å². The van der Waals surface area contributed by atoms with Gasteiger partial charge in [-0.05, 0) is 18.2 Å². The average Bonchev–Trinajstić information content (AvgIpc) is 2.15. The summed E-state index contributed by atoms with van der Waals surface area (Å²) in [6, 6.07) is 2.76. The molecule has 0 spiro atoms. The van der Waals surface area contributed by atoms with Crippen LogP contribution in [0.2, 0.25) is 5.02 Å². The van der Waals surface area contributed by atoms with Crippen molar-refractivity contribution < 1.29 is 14.3 Å². The highest BCUT2D eigenvalue weighted by atomic mass is 35.5. The van der Waals surface area contributed by atoms with E-state index in [0.29, 0.717) is 5.69 Å². The van der Waals surface area contributed by atoms with Crippen molar-refractivity contribution in [3.63, 3.8) is 0 Å². The van der Waals surface area contributed by atoms with Gasteiger partial charge in [0.2, 0.25) is 0 Å². The van der Waals surface area contributed by atoms with Crippen molar-refractivity contribution in [3.05, 3.63) is 29.0 Å². The second kappa shape index (κ2) is 4.95. The summed E-state index contributed by atoms with van der Waals surface area (Å²) in [5.41, 5.74) is 5.72. The SMILES string of the molecule is NC(CNc1ccc(F)cc1Cl)C(=O)O. The Morgan fingerprint density at radius 2 is 2.33 bits per heavy atom. The number of carboxylic acid groups (broad SMARTS) is 1. The van der Waals surface area contributed by atoms with Crippen LogP contribution in [0.25, 0.3) is 0 Å². The van der Waals surface area contributed by atoms with Gasteiger partial charge in [0.05, 0.1) is 10.7 Å². The van der Waals surface area contributed by atoms with E-state index in [2.05, 4.69) is 5.32 Å². The standard InChI is InChI=1S/C9H10ClFN2O2/c10-6-3-5(11)1-2-8(6)13-4-7(12)9(14)15/h1-3,7,13H,4,12H2,(H,14,15). The molecule has 0 amide bonds. The molecule has 1 aromatic carbocycles. The molecule has 1 aromatic rings. The van der Waals surface area contributed by atoms with E-state index in [1.807, 2.05) is 0 Å². The predicted octanol–water partition coefficient (Wildman–Crippen LogP) is 1.30. The summed E-state index contributed by atoms with van der Waals surface area (Å²) < 4.78 is 12.6. The van der Waals surface area contributed by atoms with Crippen molar-refractivity contribution in [1.29, 1.82) is 0 Å². The average molecular weight is 233 g/mol. The first-order valence-electron chi connectivity index (χ1n) is 4.18. The lowest BCUT2D eigenvalue weighted by Crippen LogP contribution is -2.36. The van der Waals surface area contributed by atoms with Gasteiger partial charge in [0.15, 0.2) is 0 Å². The maximum atomic E-state index is 12.6. The number of benzene rings is 1. The summed E-state index contributed by atoms with van der Waals surface area (Å²) in [6.07, 6.45) is 0. The molecule has 1 atom stereocenters. The molecule has 0 aliphatic rings. The quantitative estimate of drug-likeness (QED) is 0.732. The number of halogens is 2. The minimum Gasteiger partial charge on any atom is -0.480 e. The Morgan fingerprint density at radius 3 is 2.87 bits per heavy atom. The summed E-state index contributed by atoms with van der Waals surface area (Å²) in [6.45, 7) is 0.0285. The Labute approximate surface area is 90.8 Å². The summed E-state index contributed by atoms with van der Waals surface area (Å²) in [5, 5.41) is 11.4. The van der Waals surface area contributed by atoms with Crippen LogP contribution in [0, 0.1) is 5.82 Å². The molecule has 1 rings (SSSR count). The lowest BCUT2D eigenvalue weighted by atomic mass is 10.2. The molecule has 0 radical (unpaired) electrons. The third-order valence-corrected chi connectivity index (χ3v) is 2.07. The Morgan fingerprint density at radius 1 is 1.67 bits per heavy atom. The van der Waals surface area contributed by atoms with Crippen LogP contribution < -0.4 is 11.1 Å². The molecule has 0 saturated carbocycles. The van der Waals surface area contributed by atoms with Crippen LogP contribution in [0.1, 0.15) is 0 Å². The van der Waals surface area contributed by atoms with E-state index in [1.165, 1.54) is 12.1 Å². The lowest BCUT2D eigenvalue weighted by molar-refractivity contribution is -0.138. The van der Waals surface area contributed by atoms with Gasteiger partial charge in [0.25, 0.3) is 0 Å². The van der Waals surface area contributed by atoms with Crippen molar-refractivity contribution in [3.8, 4) is 0 Å². The molecular formula is C9H10ClFN2O2. The largest absolute Gasteiger partial charge is 0.480 e. The molecule has 0 bridgehead atoms. The first-order valence-corrected chi connectivity index (χ1v) is 4.56. The third kappa shape index (κ3) is 3.38. The molecule has 82 valence electrons. The van der Waals surface area contributed by atoms with E-state index in [1.54, 1.807) is 0 Å². The van der Waals surface area contributed by atoms with Gasteiger partial charge < -0.3 is 16.2 Å². The van der Waals surface area contributed by atoms with Crippen LogP contribution in [0.15, 0.2) is 18.2 Å². The fourth-order valence-corrected chi connectivity index (χ4v) is 1.17. The summed E-state index contributed by atoms with van der Waals surface area (Å²) in [4.78, 5) is 10.4. The number of hydrogen-bond acceptors (Lipinski definition) is 3. The van der Waals surface area contributed by atoms with E-state index >= 15 is 0 Å². The predicted molar refractivity (Wildman–Crippen MR) is 55.5 cm³/mol. The zero-order valence-electron chi connectivity index (χ0n) is 7.71. The minimum atomic E-state index is -1.11. The first kappa shape index (κ1) is 11.7. The summed E-state index contributed by atoms with van der Waals surface area (Å²) in [7, 11) is 0. The van der Waals surface area contributed by atoms with Crippen LogP contribution in [0.4, 0.5) is 10.1 Å². The molecular weight excluding hydrogens is 223 g/mol. The highest BCUT2D eigenvalue weighted by molar-refractivity contribution is 6.33. The molecule has 6 heteroatoms. The van der Waals surface area contributed by atoms with Gasteiger partial charge in [-0.2, -0.15) is 0 Å². The molecule has 0 aliphatic carbocycles. The lowest BCUT2D eigenvalue weighted by Gasteiger charge is -2.10. The minimum absolute atomic E-state index is 0.0285. The smallest absolute Gasteiger partial charge is 0.322 e. The summed E-state index contributed by atoms with van der Waals surface area (Å²) in [5.74, 6) is -1.56. The van der Waals surface area contributed by atoms with Gasteiger partial charge in [0, 0.05) is 6.54 Å². The number of anilines is 1. The number of nitrogens with one attached hydrogen (secondary N) is 1. The van der Waals surface area contributed by atoms with Crippen molar-refractivity contribution in [2.24, 2.45) is 5.73 Å². The fourth-order valence-electron chi connectivity index (χ4n) is 0.940. The number of nitrogens with two attached hydrogens (primary N) is 1. The molecule has 0 saturated heterocycles. The zero-order valence-corrected chi connectivity index (χ0v) is 8.46. The van der Waals surface area contributed by atoms with E-state index in [0.717, 1.165) is 6.07 Å². The van der Waals surface area contributed by atoms with Gasteiger partial charge in [-0.25, -0.2) is 4.39 Å². The third-order valence-electron chi connectivity index (χ3n) is 1.76. The van der Waals surface area contributed by atoms with E-state index in [-0.39, 0.29) is 11.6 Å². The van der Waals surface area contributed by atoms with Crippen molar-refractivity contribution in [2.75, 3.05) is 11.9 Å². The van der Waals surface area contributed by atoms with Gasteiger partial charge in [-0.15, -0.1) is 0 Å². The Hall–Kier alpha value is -1.33. The van der Waals surface area contributed by atoms with E-state index in [9.17, 15) is 9.18 Å². The number of rotatable bonds is 4. The number of hydrogen-bond donors (Lipinski definition) is 3. The Kier molecular flexibility index (Phi) is 3.88. The molecule has 4 nitrogen and oxygen atoms in total. The molecule has 0 heterocycles. The maximum Gasteiger partial charge on any atom is 0.322 e. The summed E-state index contributed by atoms with van der Waals surface area (Å²) >= 11 is 5.70. The van der Waals surface area contributed by atoms with Crippen LogP contribution in [-0.4, -0.2) is 23.7 Å². The Balaban J connectivity index is 2.62. The molecule has 0 aromatic heterocycles. The van der Waals surface area contributed by atoms with E-state index < -0.39 is 17.8 Å². The van der Waals surface area contributed by atoms with Gasteiger partial charge in [0.1, 0.15) is 11.9 Å². The fraction of sp³-hybridized carbons (Fsp3) is 0.222. The van der Waals surface area contributed by atoms with Gasteiger partial charge in [-0.3, -0.25) is 4.79 Å². The monoisotopic (exact) mass is 232 g/mol. The number of carboxylic acids is 1. The maximum absolute atomic E-state index is 12.6. The molecule has 4 N–H and O–H groups in total. The second-order valence-electron chi connectivity index (χ2n) is 2.95. The molecule has 15 heavy (non-hydrogen) atoms. The second-order valence-corrected chi connectivity index (χ2v) is 3.36. The normalized spacial score (nSPS) is 12.2. The van der Waals surface area contributed by atoms with E-state index in [4.69, 9.17) is 22.4 Å². The Bertz CT molecular complexity index is 373. The highest BCUT2D eigenvalue weighted by Crippen LogP contribution is 2.21. The highest BCUT2D eigenvalue weighted by Gasteiger charge is 2.11. The topological polar surface area (TPSA) is 75.3 Å². The zero-order chi connectivity index (χ0) is 11.4. The van der Waals surface area contributed by atoms with Crippen molar-refractivity contribution in [1.82, 2.24) is 0 Å². The molecule has 0 aliphatic heterocycles. The number of aliphatic carboxylic acids is 1. The van der Waals surface area contributed by atoms with Crippen LogP contribution in [0.5, 0.6) is 0 Å². The first-order chi connectivity index (χ1) is 7.00. The van der Waals surface area contributed by atoms with Crippen molar-refractivity contribution >= 4 is 23.3 Å².